The maximum atomic E-state index is 6.35. The van der Waals surface area contributed by atoms with E-state index in [1.165, 1.54) is 0 Å². The second kappa shape index (κ2) is 6.55. The van der Waals surface area contributed by atoms with E-state index >= 15 is 0 Å². The Morgan fingerprint density at radius 3 is 2.79 bits per heavy atom. The fourth-order valence-electron chi connectivity index (χ4n) is 2.03. The quantitative estimate of drug-likeness (QED) is 0.908. The van der Waals surface area contributed by atoms with Gasteiger partial charge >= 0.3 is 0 Å². The second-order valence-electron chi connectivity index (χ2n) is 4.16. The zero-order valence-electron chi connectivity index (χ0n) is 11.1. The molecule has 100 valence electrons. The smallest absolute Gasteiger partial charge is 0.120 e. The van der Waals surface area contributed by atoms with E-state index in [0.717, 1.165) is 23.4 Å². The molecule has 0 saturated carbocycles. The van der Waals surface area contributed by atoms with Crippen molar-refractivity contribution < 1.29 is 4.74 Å². The van der Waals surface area contributed by atoms with Crippen molar-refractivity contribution in [3.8, 4) is 5.75 Å². The summed E-state index contributed by atoms with van der Waals surface area (Å²) in [6.07, 6.45) is 3.62. The summed E-state index contributed by atoms with van der Waals surface area (Å²) in [5.41, 5.74) is 2.12. The normalized spacial score (nSPS) is 12.2. The minimum Gasteiger partial charge on any atom is -0.497 e. The third kappa shape index (κ3) is 3.25. The highest BCUT2D eigenvalue weighted by Gasteiger charge is 2.16. The summed E-state index contributed by atoms with van der Waals surface area (Å²) in [6.45, 7) is 2.92. The van der Waals surface area contributed by atoms with E-state index in [0.29, 0.717) is 5.02 Å². The Morgan fingerprint density at radius 2 is 2.21 bits per heavy atom. The van der Waals surface area contributed by atoms with Crippen LogP contribution in [0.3, 0.4) is 0 Å². The number of hydrogen-bond donors (Lipinski definition) is 1. The monoisotopic (exact) mass is 276 g/mol. The van der Waals surface area contributed by atoms with Gasteiger partial charge in [0.05, 0.1) is 13.2 Å². The van der Waals surface area contributed by atoms with Crippen molar-refractivity contribution in [3.63, 3.8) is 0 Å². The molecule has 0 fully saturated rings. The number of nitrogens with zero attached hydrogens (tertiary/aromatic N) is 1. The van der Waals surface area contributed by atoms with Crippen molar-refractivity contribution in [2.45, 2.75) is 13.0 Å². The Labute approximate surface area is 118 Å². The molecule has 0 radical (unpaired) electrons. The standard InChI is InChI=1S/C15H17ClN2O/c1-3-18-15(11-5-4-8-17-10-11)13-7-6-12(19-2)9-14(13)16/h4-10,15,18H,3H2,1-2H3. The van der Waals surface area contributed by atoms with Crippen LogP contribution in [0.5, 0.6) is 5.75 Å². The van der Waals surface area contributed by atoms with E-state index in [1.54, 1.807) is 13.3 Å². The lowest BCUT2D eigenvalue weighted by Gasteiger charge is -2.20. The van der Waals surface area contributed by atoms with E-state index in [4.69, 9.17) is 16.3 Å². The summed E-state index contributed by atoms with van der Waals surface area (Å²) < 4.78 is 5.18. The van der Waals surface area contributed by atoms with Gasteiger partial charge in [-0.3, -0.25) is 4.98 Å². The van der Waals surface area contributed by atoms with Crippen molar-refractivity contribution in [2.24, 2.45) is 0 Å². The summed E-state index contributed by atoms with van der Waals surface area (Å²) >= 11 is 6.35. The Bertz CT molecular complexity index is 531. The molecule has 0 amide bonds. The Kier molecular flexibility index (Phi) is 4.77. The van der Waals surface area contributed by atoms with Crippen molar-refractivity contribution in [2.75, 3.05) is 13.7 Å². The lowest BCUT2D eigenvalue weighted by Crippen LogP contribution is -2.22. The first-order valence-corrected chi connectivity index (χ1v) is 6.60. The van der Waals surface area contributed by atoms with E-state index in [2.05, 4.69) is 17.2 Å². The summed E-state index contributed by atoms with van der Waals surface area (Å²) in [7, 11) is 1.63. The Morgan fingerprint density at radius 1 is 1.37 bits per heavy atom. The molecule has 1 aromatic heterocycles. The molecule has 1 heterocycles. The van der Waals surface area contributed by atoms with Gasteiger partial charge in [-0.15, -0.1) is 0 Å². The average molecular weight is 277 g/mol. The van der Waals surface area contributed by atoms with E-state index < -0.39 is 0 Å². The van der Waals surface area contributed by atoms with Gasteiger partial charge in [-0.1, -0.05) is 30.7 Å². The fourth-order valence-corrected chi connectivity index (χ4v) is 2.31. The number of pyridine rings is 1. The van der Waals surface area contributed by atoms with E-state index in [1.807, 2.05) is 36.5 Å². The number of methoxy groups -OCH3 is 1. The lowest BCUT2D eigenvalue weighted by molar-refractivity contribution is 0.414. The van der Waals surface area contributed by atoms with Crippen molar-refractivity contribution in [1.29, 1.82) is 0 Å². The molecular weight excluding hydrogens is 260 g/mol. The van der Waals surface area contributed by atoms with Gasteiger partial charge < -0.3 is 10.1 Å². The zero-order valence-corrected chi connectivity index (χ0v) is 11.8. The van der Waals surface area contributed by atoms with Crippen molar-refractivity contribution >= 4 is 11.6 Å². The van der Waals surface area contributed by atoms with E-state index in [-0.39, 0.29) is 6.04 Å². The van der Waals surface area contributed by atoms with Crippen LogP contribution >= 0.6 is 11.6 Å². The molecule has 0 aliphatic carbocycles. The van der Waals surface area contributed by atoms with Gasteiger partial charge in [0.1, 0.15) is 5.75 Å². The third-order valence-electron chi connectivity index (χ3n) is 2.94. The van der Waals surface area contributed by atoms with Gasteiger partial charge in [0.2, 0.25) is 0 Å². The van der Waals surface area contributed by atoms with Crippen LogP contribution in [0.4, 0.5) is 0 Å². The summed E-state index contributed by atoms with van der Waals surface area (Å²) in [6, 6.07) is 9.75. The predicted molar refractivity (Wildman–Crippen MR) is 77.8 cm³/mol. The van der Waals surface area contributed by atoms with Crippen LogP contribution in [-0.2, 0) is 0 Å². The van der Waals surface area contributed by atoms with Gasteiger partial charge in [0.15, 0.2) is 0 Å². The molecule has 1 N–H and O–H groups in total. The number of nitrogens with one attached hydrogen (secondary N) is 1. The molecule has 4 heteroatoms. The largest absolute Gasteiger partial charge is 0.497 e. The van der Waals surface area contributed by atoms with Crippen molar-refractivity contribution in [1.82, 2.24) is 10.3 Å². The third-order valence-corrected chi connectivity index (χ3v) is 3.27. The SMILES string of the molecule is CCNC(c1cccnc1)c1ccc(OC)cc1Cl. The fraction of sp³-hybridized carbons (Fsp3) is 0.267. The molecule has 1 unspecified atom stereocenters. The van der Waals surface area contributed by atoms with Crippen LogP contribution in [-0.4, -0.2) is 18.6 Å². The highest BCUT2D eigenvalue weighted by Crippen LogP contribution is 2.30. The summed E-state index contributed by atoms with van der Waals surface area (Å²) in [5, 5.41) is 4.12. The number of aromatic nitrogens is 1. The Hall–Kier alpha value is -1.58. The van der Waals surface area contributed by atoms with Gasteiger partial charge in [-0.05, 0) is 35.9 Å². The molecule has 0 bridgehead atoms. The highest BCUT2D eigenvalue weighted by atomic mass is 35.5. The maximum absolute atomic E-state index is 6.35. The van der Waals surface area contributed by atoms with E-state index in [9.17, 15) is 0 Å². The molecule has 19 heavy (non-hydrogen) atoms. The van der Waals surface area contributed by atoms with Gasteiger partial charge in [0.25, 0.3) is 0 Å². The van der Waals surface area contributed by atoms with Crippen LogP contribution in [0.1, 0.15) is 24.1 Å². The number of hydrogen-bond acceptors (Lipinski definition) is 3. The number of rotatable bonds is 5. The molecular formula is C15H17ClN2O. The van der Waals surface area contributed by atoms with Crippen LogP contribution in [0.15, 0.2) is 42.7 Å². The maximum Gasteiger partial charge on any atom is 0.120 e. The van der Waals surface area contributed by atoms with Crippen LogP contribution < -0.4 is 10.1 Å². The van der Waals surface area contributed by atoms with Crippen LogP contribution in [0.2, 0.25) is 5.02 Å². The molecule has 0 saturated heterocycles. The van der Waals surface area contributed by atoms with Gasteiger partial charge in [-0.2, -0.15) is 0 Å². The molecule has 3 nitrogen and oxygen atoms in total. The minimum absolute atomic E-state index is 0.0390. The first kappa shape index (κ1) is 13.8. The summed E-state index contributed by atoms with van der Waals surface area (Å²) in [4.78, 5) is 4.17. The van der Waals surface area contributed by atoms with Gasteiger partial charge in [0, 0.05) is 17.4 Å². The number of benzene rings is 1. The molecule has 2 rings (SSSR count). The van der Waals surface area contributed by atoms with Crippen LogP contribution in [0.25, 0.3) is 0 Å². The molecule has 2 aromatic rings. The molecule has 1 aromatic carbocycles. The number of halogens is 1. The zero-order chi connectivity index (χ0) is 13.7. The molecule has 0 aliphatic heterocycles. The Balaban J connectivity index is 2.39. The predicted octanol–water partition coefficient (Wildman–Crippen LogP) is 3.44. The average Bonchev–Trinajstić information content (AvgIpc) is 2.46. The number of ether oxygens (including phenoxy) is 1. The molecule has 0 aliphatic rings. The topological polar surface area (TPSA) is 34.2 Å². The lowest BCUT2D eigenvalue weighted by atomic mass is 10.00. The summed E-state index contributed by atoms with van der Waals surface area (Å²) in [5.74, 6) is 0.759. The first-order chi connectivity index (χ1) is 9.26. The molecule has 1 atom stereocenters. The van der Waals surface area contributed by atoms with Gasteiger partial charge in [-0.25, -0.2) is 0 Å². The second-order valence-corrected chi connectivity index (χ2v) is 4.57. The molecule has 0 spiro atoms. The highest BCUT2D eigenvalue weighted by molar-refractivity contribution is 6.31. The van der Waals surface area contributed by atoms with Crippen LogP contribution in [0, 0.1) is 0 Å². The minimum atomic E-state index is 0.0390. The van der Waals surface area contributed by atoms with Crippen molar-refractivity contribution in [3.05, 3.63) is 58.9 Å². The first-order valence-electron chi connectivity index (χ1n) is 6.23.